The van der Waals surface area contributed by atoms with E-state index in [1.807, 2.05) is 12.1 Å². The van der Waals surface area contributed by atoms with E-state index in [0.29, 0.717) is 18.6 Å². The molecule has 1 aromatic rings. The molecule has 0 saturated heterocycles. The van der Waals surface area contributed by atoms with E-state index in [2.05, 4.69) is 18.0 Å². The number of nitrogens with zero attached hydrogens (tertiary/aromatic N) is 1. The van der Waals surface area contributed by atoms with Gasteiger partial charge in [0.2, 0.25) is 0 Å². The van der Waals surface area contributed by atoms with Gasteiger partial charge in [-0.05, 0) is 26.0 Å². The summed E-state index contributed by atoms with van der Waals surface area (Å²) in [6, 6.07) is 6.72. The zero-order valence-corrected chi connectivity index (χ0v) is 13.8. The van der Waals surface area contributed by atoms with Gasteiger partial charge in [-0.15, -0.1) is 0 Å². The summed E-state index contributed by atoms with van der Waals surface area (Å²) in [4.78, 5) is 2.50. The molecule has 1 saturated carbocycles. The van der Waals surface area contributed by atoms with Crippen LogP contribution in [0, 0.1) is 5.92 Å². The van der Waals surface area contributed by atoms with Gasteiger partial charge in [-0.3, -0.25) is 0 Å². The first kappa shape index (κ1) is 15.6. The highest BCUT2D eigenvalue weighted by Gasteiger charge is 2.32. The Bertz CT molecular complexity index is 500. The Morgan fingerprint density at radius 2 is 2.05 bits per heavy atom. The Balaban J connectivity index is 1.68. The lowest BCUT2D eigenvalue weighted by molar-refractivity contribution is 0.112. The summed E-state index contributed by atoms with van der Waals surface area (Å²) in [6.07, 6.45) is 6.77. The number of fused-ring (bicyclic) bond motifs is 1. The van der Waals surface area contributed by atoms with Crippen LogP contribution in [0.1, 0.15) is 43.7 Å². The van der Waals surface area contributed by atoms with Crippen LogP contribution in [0.2, 0.25) is 0 Å². The van der Waals surface area contributed by atoms with Crippen LogP contribution in [-0.4, -0.2) is 38.3 Å². The molecule has 4 heteroatoms. The lowest BCUT2D eigenvalue weighted by Gasteiger charge is -2.38. The van der Waals surface area contributed by atoms with Gasteiger partial charge in [0.25, 0.3) is 0 Å². The molecule has 2 aliphatic rings. The smallest absolute Gasteiger partial charge is 0.165 e. The van der Waals surface area contributed by atoms with Gasteiger partial charge in [0.1, 0.15) is 0 Å². The fraction of sp³-hybridized carbons (Fsp3) is 0.667. The first-order valence-corrected chi connectivity index (χ1v) is 8.46. The molecule has 0 spiro atoms. The number of nitrogens with two attached hydrogens (primary N) is 1. The monoisotopic (exact) mass is 304 g/mol. The van der Waals surface area contributed by atoms with E-state index < -0.39 is 0 Å². The summed E-state index contributed by atoms with van der Waals surface area (Å²) in [6.45, 7) is 1.67. The van der Waals surface area contributed by atoms with Crippen LogP contribution in [0.15, 0.2) is 18.2 Å². The molecule has 0 aromatic heterocycles. The molecular weight excluding hydrogens is 276 g/mol. The summed E-state index contributed by atoms with van der Waals surface area (Å²) in [7, 11) is 3.91. The number of benzene rings is 1. The van der Waals surface area contributed by atoms with Crippen molar-refractivity contribution < 1.29 is 9.47 Å². The lowest BCUT2D eigenvalue weighted by Crippen LogP contribution is -2.43. The fourth-order valence-corrected chi connectivity index (χ4v) is 3.87. The highest BCUT2D eigenvalue weighted by atomic mass is 16.5. The number of hydrogen-bond donors (Lipinski definition) is 1. The molecule has 122 valence electrons. The molecule has 0 bridgehead atoms. The van der Waals surface area contributed by atoms with Gasteiger partial charge in [-0.1, -0.05) is 31.4 Å². The summed E-state index contributed by atoms with van der Waals surface area (Å²) >= 11 is 0. The van der Waals surface area contributed by atoms with Crippen molar-refractivity contribution in [1.82, 2.24) is 4.90 Å². The molecule has 1 aromatic carbocycles. The van der Waals surface area contributed by atoms with Gasteiger partial charge in [0.05, 0.1) is 13.7 Å². The molecule has 2 atom stereocenters. The van der Waals surface area contributed by atoms with Crippen LogP contribution < -0.4 is 15.2 Å². The van der Waals surface area contributed by atoms with Gasteiger partial charge in [-0.2, -0.15) is 0 Å². The average molecular weight is 304 g/mol. The SMILES string of the molecule is COc1cccc2c1OCC(CN(C)C1CCCCC1)C2N. The number of ether oxygens (including phenoxy) is 2. The Labute approximate surface area is 133 Å². The van der Waals surface area contributed by atoms with Crippen molar-refractivity contribution in [2.45, 2.75) is 44.2 Å². The maximum atomic E-state index is 6.53. The quantitative estimate of drug-likeness (QED) is 0.929. The summed E-state index contributed by atoms with van der Waals surface area (Å²) < 4.78 is 11.4. The third kappa shape index (κ3) is 3.08. The van der Waals surface area contributed by atoms with E-state index in [1.54, 1.807) is 7.11 Å². The zero-order valence-electron chi connectivity index (χ0n) is 13.8. The van der Waals surface area contributed by atoms with Crippen LogP contribution in [0.5, 0.6) is 11.5 Å². The van der Waals surface area contributed by atoms with Gasteiger partial charge in [0.15, 0.2) is 11.5 Å². The highest BCUT2D eigenvalue weighted by molar-refractivity contribution is 5.49. The van der Waals surface area contributed by atoms with Crippen molar-refractivity contribution in [2.75, 3.05) is 27.3 Å². The minimum atomic E-state index is 0.0184. The Hall–Kier alpha value is -1.26. The van der Waals surface area contributed by atoms with E-state index in [0.717, 1.165) is 23.6 Å². The Kier molecular flexibility index (Phi) is 4.89. The molecule has 4 nitrogen and oxygen atoms in total. The molecule has 0 radical (unpaired) electrons. The third-order valence-corrected chi connectivity index (χ3v) is 5.26. The highest BCUT2D eigenvalue weighted by Crippen LogP contribution is 2.40. The molecule has 22 heavy (non-hydrogen) atoms. The topological polar surface area (TPSA) is 47.7 Å². The molecule has 3 rings (SSSR count). The van der Waals surface area contributed by atoms with Crippen LogP contribution >= 0.6 is 0 Å². The second-order valence-corrected chi connectivity index (χ2v) is 6.71. The van der Waals surface area contributed by atoms with E-state index in [-0.39, 0.29) is 6.04 Å². The fourth-order valence-electron chi connectivity index (χ4n) is 3.87. The van der Waals surface area contributed by atoms with E-state index in [4.69, 9.17) is 15.2 Å². The molecule has 1 fully saturated rings. The second kappa shape index (κ2) is 6.88. The van der Waals surface area contributed by atoms with Gasteiger partial charge in [-0.25, -0.2) is 0 Å². The third-order valence-electron chi connectivity index (χ3n) is 5.26. The van der Waals surface area contributed by atoms with E-state index in [9.17, 15) is 0 Å². The maximum Gasteiger partial charge on any atom is 0.165 e. The van der Waals surface area contributed by atoms with Crippen molar-refractivity contribution in [1.29, 1.82) is 0 Å². The van der Waals surface area contributed by atoms with Crippen LogP contribution in [-0.2, 0) is 0 Å². The van der Waals surface area contributed by atoms with Crippen LogP contribution in [0.3, 0.4) is 0 Å². The number of methoxy groups -OCH3 is 1. The Morgan fingerprint density at radius 3 is 2.77 bits per heavy atom. The molecule has 1 aliphatic heterocycles. The largest absolute Gasteiger partial charge is 0.493 e. The molecular formula is C18H28N2O2. The first-order valence-electron chi connectivity index (χ1n) is 8.46. The molecule has 2 N–H and O–H groups in total. The van der Waals surface area contributed by atoms with Crippen molar-refractivity contribution in [2.24, 2.45) is 11.7 Å². The molecule has 1 heterocycles. The summed E-state index contributed by atoms with van der Waals surface area (Å²) in [5.41, 5.74) is 7.61. The molecule has 0 amide bonds. The standard InChI is InChI=1S/C18H28N2O2/c1-20(14-7-4-3-5-8-14)11-13-12-22-18-15(17(13)19)9-6-10-16(18)21-2/h6,9-10,13-14,17H,3-5,7-8,11-12,19H2,1-2H3. The predicted molar refractivity (Wildman–Crippen MR) is 88.4 cm³/mol. The van der Waals surface area contributed by atoms with Gasteiger partial charge >= 0.3 is 0 Å². The van der Waals surface area contributed by atoms with Crippen LogP contribution in [0.4, 0.5) is 0 Å². The number of para-hydroxylation sites is 1. The van der Waals surface area contributed by atoms with Gasteiger partial charge in [0, 0.05) is 30.1 Å². The normalized spacial score (nSPS) is 25.6. The van der Waals surface area contributed by atoms with Crippen molar-refractivity contribution in [3.05, 3.63) is 23.8 Å². The van der Waals surface area contributed by atoms with Crippen molar-refractivity contribution >= 4 is 0 Å². The minimum Gasteiger partial charge on any atom is -0.493 e. The van der Waals surface area contributed by atoms with Crippen molar-refractivity contribution in [3.63, 3.8) is 0 Å². The predicted octanol–water partition coefficient (Wildman–Crippen LogP) is 2.97. The number of hydrogen-bond acceptors (Lipinski definition) is 4. The lowest BCUT2D eigenvalue weighted by atomic mass is 9.89. The van der Waals surface area contributed by atoms with Crippen molar-refractivity contribution in [3.8, 4) is 11.5 Å². The van der Waals surface area contributed by atoms with E-state index >= 15 is 0 Å². The van der Waals surface area contributed by atoms with Gasteiger partial charge < -0.3 is 20.1 Å². The molecule has 1 aliphatic carbocycles. The van der Waals surface area contributed by atoms with Crippen LogP contribution in [0.25, 0.3) is 0 Å². The summed E-state index contributed by atoms with van der Waals surface area (Å²) in [5.74, 6) is 1.95. The second-order valence-electron chi connectivity index (χ2n) is 6.71. The molecule has 2 unspecified atom stereocenters. The van der Waals surface area contributed by atoms with E-state index in [1.165, 1.54) is 32.1 Å². The maximum absolute atomic E-state index is 6.53. The Morgan fingerprint density at radius 1 is 1.27 bits per heavy atom. The average Bonchev–Trinajstić information content (AvgIpc) is 2.57. The minimum absolute atomic E-state index is 0.0184. The summed E-state index contributed by atoms with van der Waals surface area (Å²) in [5, 5.41) is 0. The first-order chi connectivity index (χ1) is 10.7. The number of rotatable bonds is 4. The zero-order chi connectivity index (χ0) is 15.5.